The average Bonchev–Trinajstić information content (AvgIpc) is 3.01. The molecule has 1 saturated heterocycles. The van der Waals surface area contributed by atoms with Gasteiger partial charge >= 0.3 is 0 Å². The van der Waals surface area contributed by atoms with E-state index in [1.54, 1.807) is 0 Å². The molecule has 1 aliphatic heterocycles. The summed E-state index contributed by atoms with van der Waals surface area (Å²) < 4.78 is 0. The van der Waals surface area contributed by atoms with Crippen LogP contribution in [-0.4, -0.2) is 13.1 Å². The van der Waals surface area contributed by atoms with Gasteiger partial charge in [0.1, 0.15) is 0 Å². The summed E-state index contributed by atoms with van der Waals surface area (Å²) in [5.74, 6) is 0. The Kier molecular flexibility index (Phi) is 2.83. The number of hydrogen-bond acceptors (Lipinski definition) is 2. The molecule has 0 aromatic heterocycles. The predicted octanol–water partition coefficient (Wildman–Crippen LogP) is 3.01. The molecule has 2 nitrogen and oxygen atoms in total. The highest BCUT2D eigenvalue weighted by molar-refractivity contribution is 5.50. The van der Waals surface area contributed by atoms with E-state index in [4.69, 9.17) is 5.73 Å². The van der Waals surface area contributed by atoms with E-state index in [9.17, 15) is 0 Å². The third kappa shape index (κ3) is 2.06. The Morgan fingerprint density at radius 3 is 2.41 bits per heavy atom. The minimum absolute atomic E-state index is 0.0459. The number of benzene rings is 1. The highest BCUT2D eigenvalue weighted by Gasteiger charge is 2.31. The van der Waals surface area contributed by atoms with Crippen molar-refractivity contribution in [3.63, 3.8) is 0 Å². The van der Waals surface area contributed by atoms with Crippen LogP contribution in [0.15, 0.2) is 24.3 Å². The first-order valence-corrected chi connectivity index (χ1v) is 6.92. The molecule has 0 radical (unpaired) electrons. The van der Waals surface area contributed by atoms with Gasteiger partial charge in [0.05, 0.1) is 0 Å². The van der Waals surface area contributed by atoms with Crippen molar-refractivity contribution >= 4 is 5.69 Å². The maximum Gasteiger partial charge on any atom is 0.0410 e. The Bertz CT molecular complexity index is 388. The molecule has 0 bridgehead atoms. The molecule has 0 atom stereocenters. The van der Waals surface area contributed by atoms with Crippen molar-refractivity contribution in [2.75, 3.05) is 18.0 Å². The van der Waals surface area contributed by atoms with E-state index < -0.39 is 0 Å². The zero-order valence-corrected chi connectivity index (χ0v) is 10.5. The lowest BCUT2D eigenvalue weighted by Crippen LogP contribution is -2.33. The second-order valence-corrected chi connectivity index (χ2v) is 5.61. The summed E-state index contributed by atoms with van der Waals surface area (Å²) in [5.41, 5.74) is 9.20. The molecule has 2 fully saturated rings. The molecule has 2 aliphatic rings. The molecule has 1 aliphatic carbocycles. The Labute approximate surface area is 104 Å². The molecule has 0 unspecified atom stereocenters. The van der Waals surface area contributed by atoms with Gasteiger partial charge in [0.2, 0.25) is 0 Å². The largest absolute Gasteiger partial charge is 0.372 e. The van der Waals surface area contributed by atoms with E-state index in [1.807, 2.05) is 0 Å². The Morgan fingerprint density at radius 2 is 1.71 bits per heavy atom. The second kappa shape index (κ2) is 4.34. The number of nitrogens with zero attached hydrogens (tertiary/aromatic N) is 1. The van der Waals surface area contributed by atoms with Crippen molar-refractivity contribution in [1.82, 2.24) is 0 Å². The summed E-state index contributed by atoms with van der Waals surface area (Å²) >= 11 is 0. The molecule has 1 saturated carbocycles. The quantitative estimate of drug-likeness (QED) is 0.846. The van der Waals surface area contributed by atoms with E-state index in [-0.39, 0.29) is 5.54 Å². The van der Waals surface area contributed by atoms with E-state index in [2.05, 4.69) is 29.2 Å². The molecule has 0 amide bonds. The van der Waals surface area contributed by atoms with E-state index in [0.717, 1.165) is 12.8 Å². The fraction of sp³-hybridized carbons (Fsp3) is 0.600. The standard InChI is InChI=1S/C15H22N2/c16-15(8-1-2-9-15)13-6-5-7-14(12-13)17-10-3-4-11-17/h5-7,12H,1-4,8-11,16H2. The number of anilines is 1. The normalized spacial score (nSPS) is 23.2. The van der Waals surface area contributed by atoms with Gasteiger partial charge in [0.25, 0.3) is 0 Å². The van der Waals surface area contributed by atoms with E-state index in [0.29, 0.717) is 0 Å². The van der Waals surface area contributed by atoms with Crippen LogP contribution in [-0.2, 0) is 5.54 Å². The Balaban J connectivity index is 1.88. The minimum Gasteiger partial charge on any atom is -0.372 e. The highest BCUT2D eigenvalue weighted by atomic mass is 15.1. The van der Waals surface area contributed by atoms with Gasteiger partial charge in [0, 0.05) is 24.3 Å². The van der Waals surface area contributed by atoms with Crippen LogP contribution >= 0.6 is 0 Å². The number of rotatable bonds is 2. The van der Waals surface area contributed by atoms with Gasteiger partial charge in [-0.15, -0.1) is 0 Å². The van der Waals surface area contributed by atoms with Crippen LogP contribution in [0.4, 0.5) is 5.69 Å². The van der Waals surface area contributed by atoms with Crippen LogP contribution in [0.1, 0.15) is 44.1 Å². The van der Waals surface area contributed by atoms with Gasteiger partial charge in [-0.3, -0.25) is 0 Å². The topological polar surface area (TPSA) is 29.3 Å². The summed E-state index contributed by atoms with van der Waals surface area (Å²) in [6.07, 6.45) is 7.53. The third-order valence-electron chi connectivity index (χ3n) is 4.39. The summed E-state index contributed by atoms with van der Waals surface area (Å²) in [4.78, 5) is 2.49. The smallest absolute Gasteiger partial charge is 0.0410 e. The Morgan fingerprint density at radius 1 is 1.00 bits per heavy atom. The summed E-state index contributed by atoms with van der Waals surface area (Å²) in [6, 6.07) is 8.95. The van der Waals surface area contributed by atoms with Gasteiger partial charge in [-0.1, -0.05) is 25.0 Å². The van der Waals surface area contributed by atoms with E-state index in [1.165, 1.54) is 50.0 Å². The molecular weight excluding hydrogens is 208 g/mol. The first-order chi connectivity index (χ1) is 8.28. The monoisotopic (exact) mass is 230 g/mol. The molecule has 92 valence electrons. The lowest BCUT2D eigenvalue weighted by Gasteiger charge is -2.26. The molecule has 1 aromatic carbocycles. The van der Waals surface area contributed by atoms with Crippen LogP contribution in [0.25, 0.3) is 0 Å². The molecular formula is C15H22N2. The molecule has 3 rings (SSSR count). The number of hydrogen-bond donors (Lipinski definition) is 1. The lowest BCUT2D eigenvalue weighted by molar-refractivity contribution is 0.462. The first kappa shape index (κ1) is 11.1. The average molecular weight is 230 g/mol. The maximum atomic E-state index is 6.53. The highest BCUT2D eigenvalue weighted by Crippen LogP contribution is 2.37. The zero-order chi connectivity index (χ0) is 11.7. The summed E-state index contributed by atoms with van der Waals surface area (Å²) in [5, 5.41) is 0. The van der Waals surface area contributed by atoms with Gasteiger partial charge in [-0.05, 0) is 43.4 Å². The van der Waals surface area contributed by atoms with Crippen LogP contribution in [0.3, 0.4) is 0 Å². The van der Waals surface area contributed by atoms with Crippen LogP contribution in [0.5, 0.6) is 0 Å². The SMILES string of the molecule is NC1(c2cccc(N3CCCC3)c2)CCCC1. The van der Waals surface area contributed by atoms with Crippen LogP contribution in [0.2, 0.25) is 0 Å². The van der Waals surface area contributed by atoms with Crippen LogP contribution < -0.4 is 10.6 Å². The van der Waals surface area contributed by atoms with Crippen molar-refractivity contribution in [2.24, 2.45) is 5.73 Å². The molecule has 2 heteroatoms. The van der Waals surface area contributed by atoms with Gasteiger partial charge in [0.15, 0.2) is 0 Å². The molecule has 2 N–H and O–H groups in total. The van der Waals surface area contributed by atoms with Gasteiger partial charge < -0.3 is 10.6 Å². The Hall–Kier alpha value is -1.02. The minimum atomic E-state index is -0.0459. The van der Waals surface area contributed by atoms with Crippen molar-refractivity contribution < 1.29 is 0 Å². The van der Waals surface area contributed by atoms with Crippen molar-refractivity contribution in [2.45, 2.75) is 44.1 Å². The third-order valence-corrected chi connectivity index (χ3v) is 4.39. The molecule has 1 aromatic rings. The summed E-state index contributed by atoms with van der Waals surface area (Å²) in [6.45, 7) is 2.42. The number of nitrogens with two attached hydrogens (primary N) is 1. The molecule has 1 heterocycles. The second-order valence-electron chi connectivity index (χ2n) is 5.61. The van der Waals surface area contributed by atoms with Crippen LogP contribution in [0, 0.1) is 0 Å². The van der Waals surface area contributed by atoms with Crippen molar-refractivity contribution in [1.29, 1.82) is 0 Å². The van der Waals surface area contributed by atoms with E-state index >= 15 is 0 Å². The lowest BCUT2D eigenvalue weighted by atomic mass is 9.89. The van der Waals surface area contributed by atoms with Gasteiger partial charge in [-0.2, -0.15) is 0 Å². The predicted molar refractivity (Wildman–Crippen MR) is 72.2 cm³/mol. The molecule has 17 heavy (non-hydrogen) atoms. The van der Waals surface area contributed by atoms with Gasteiger partial charge in [-0.25, -0.2) is 0 Å². The summed E-state index contributed by atoms with van der Waals surface area (Å²) in [7, 11) is 0. The first-order valence-electron chi connectivity index (χ1n) is 6.92. The zero-order valence-electron chi connectivity index (χ0n) is 10.5. The maximum absolute atomic E-state index is 6.53. The fourth-order valence-corrected chi connectivity index (χ4v) is 3.28. The van der Waals surface area contributed by atoms with Crippen molar-refractivity contribution in [3.05, 3.63) is 29.8 Å². The molecule has 0 spiro atoms. The fourth-order valence-electron chi connectivity index (χ4n) is 3.28. The van der Waals surface area contributed by atoms with Crippen molar-refractivity contribution in [3.8, 4) is 0 Å².